The number of pyridine rings is 1. The van der Waals surface area contributed by atoms with Crippen LogP contribution >= 0.6 is 7.14 Å². The van der Waals surface area contributed by atoms with Crippen molar-refractivity contribution in [1.29, 1.82) is 0 Å². The molecule has 9 aromatic rings. The fraction of sp³-hybridized carbons (Fsp3) is 0.0208. The number of nitrogens with zero attached hydrogens (tertiary/aromatic N) is 2. The van der Waals surface area contributed by atoms with Crippen LogP contribution in [-0.2, 0) is 9.98 Å². The van der Waals surface area contributed by atoms with E-state index in [1.165, 1.54) is 33.2 Å². The highest BCUT2D eigenvalue weighted by Crippen LogP contribution is 2.56. The normalized spacial score (nSPS) is 13.2. The number of benzene rings is 7. The molecule has 0 bridgehead atoms. The summed E-state index contributed by atoms with van der Waals surface area (Å²) in [4.78, 5) is 4.54. The molecule has 0 saturated heterocycles. The fourth-order valence-electron chi connectivity index (χ4n) is 8.63. The SMILES string of the molecule is O=P(c1ccccc1)(c1ccccc1)c1ccc(C2(c3ccc4c(c3)c3ccncc3n4-c3ccccc3)c3ccccc3-c3ccccc32)cc1. The lowest BCUT2D eigenvalue weighted by atomic mass is 9.67. The summed E-state index contributed by atoms with van der Waals surface area (Å²) < 4.78 is 17.7. The monoisotopic (exact) mass is 684 g/mol. The van der Waals surface area contributed by atoms with E-state index in [4.69, 9.17) is 0 Å². The third-order valence-corrected chi connectivity index (χ3v) is 13.9. The van der Waals surface area contributed by atoms with Crippen LogP contribution in [0.5, 0.6) is 0 Å². The Balaban J connectivity index is 1.25. The van der Waals surface area contributed by atoms with Crippen molar-refractivity contribution < 1.29 is 4.57 Å². The first-order valence-electron chi connectivity index (χ1n) is 17.6. The van der Waals surface area contributed by atoms with Crippen molar-refractivity contribution in [2.45, 2.75) is 5.41 Å². The highest BCUT2D eigenvalue weighted by Gasteiger charge is 2.46. The maximum absolute atomic E-state index is 15.4. The fourth-order valence-corrected chi connectivity index (χ4v) is 11.3. The van der Waals surface area contributed by atoms with Crippen molar-refractivity contribution in [1.82, 2.24) is 9.55 Å². The second-order valence-corrected chi connectivity index (χ2v) is 16.2. The topological polar surface area (TPSA) is 34.9 Å². The lowest BCUT2D eigenvalue weighted by Gasteiger charge is -2.34. The lowest BCUT2D eigenvalue weighted by Crippen LogP contribution is -2.30. The van der Waals surface area contributed by atoms with E-state index in [2.05, 4.69) is 137 Å². The van der Waals surface area contributed by atoms with Crippen LogP contribution in [0.1, 0.15) is 22.3 Å². The summed E-state index contributed by atoms with van der Waals surface area (Å²) in [6.07, 6.45) is 3.85. The van der Waals surface area contributed by atoms with Crippen LogP contribution in [0.2, 0.25) is 0 Å². The Morgan fingerprint density at radius 2 is 0.981 bits per heavy atom. The van der Waals surface area contributed by atoms with E-state index < -0.39 is 12.6 Å². The molecule has 246 valence electrons. The molecule has 0 N–H and O–H groups in total. The molecule has 0 amide bonds. The van der Waals surface area contributed by atoms with E-state index in [-0.39, 0.29) is 0 Å². The standard InChI is InChI=1S/C48H33N2OP/c51-52(37-16-6-2-7-17-37,38-18-8-3-9-19-38)39-27-24-34(25-28-39)48(44-22-12-10-20-40(44)41-21-11-13-23-45(41)48)35-26-29-46-43(32-35)42-30-31-49-33-47(42)50(46)36-14-4-1-5-15-36/h1-33H. The van der Waals surface area contributed by atoms with E-state index in [1.54, 1.807) is 0 Å². The van der Waals surface area contributed by atoms with E-state index in [0.29, 0.717) is 0 Å². The zero-order chi connectivity index (χ0) is 34.7. The Bertz CT molecular complexity index is 2720. The van der Waals surface area contributed by atoms with Crippen LogP contribution in [0.25, 0.3) is 38.6 Å². The lowest BCUT2D eigenvalue weighted by molar-refractivity contribution is 0.592. The largest absolute Gasteiger partial charge is 0.309 e. The van der Waals surface area contributed by atoms with E-state index in [0.717, 1.165) is 43.6 Å². The summed E-state index contributed by atoms with van der Waals surface area (Å²) in [6.45, 7) is 0. The van der Waals surface area contributed by atoms with Crippen LogP contribution < -0.4 is 15.9 Å². The highest BCUT2D eigenvalue weighted by molar-refractivity contribution is 7.85. The maximum Gasteiger partial charge on any atom is 0.171 e. The summed E-state index contributed by atoms with van der Waals surface area (Å²) in [6, 6.07) is 65.7. The Morgan fingerprint density at radius 1 is 0.462 bits per heavy atom. The van der Waals surface area contributed by atoms with Crippen LogP contribution in [0, 0.1) is 0 Å². The third kappa shape index (κ3) is 4.33. The number of hydrogen-bond acceptors (Lipinski definition) is 2. The third-order valence-electron chi connectivity index (χ3n) is 10.9. The van der Waals surface area contributed by atoms with Crippen LogP contribution in [-0.4, -0.2) is 9.55 Å². The molecule has 3 nitrogen and oxygen atoms in total. The summed E-state index contributed by atoms with van der Waals surface area (Å²) in [7, 11) is -3.15. The number of hydrogen-bond donors (Lipinski definition) is 0. The second kappa shape index (κ2) is 11.9. The minimum absolute atomic E-state index is 0.614. The molecule has 10 rings (SSSR count). The van der Waals surface area contributed by atoms with Crippen molar-refractivity contribution in [3.63, 3.8) is 0 Å². The summed E-state index contributed by atoms with van der Waals surface area (Å²) >= 11 is 0. The van der Waals surface area contributed by atoms with Gasteiger partial charge in [0.25, 0.3) is 0 Å². The number of rotatable bonds is 6. The van der Waals surface area contributed by atoms with Gasteiger partial charge in [-0.3, -0.25) is 4.98 Å². The second-order valence-electron chi connectivity index (χ2n) is 13.5. The van der Waals surface area contributed by atoms with Crippen LogP contribution in [0.3, 0.4) is 0 Å². The van der Waals surface area contributed by atoms with Crippen molar-refractivity contribution in [3.8, 4) is 16.8 Å². The molecular formula is C48H33N2OP. The predicted molar refractivity (Wildman–Crippen MR) is 215 cm³/mol. The highest BCUT2D eigenvalue weighted by atomic mass is 31.2. The summed E-state index contributed by atoms with van der Waals surface area (Å²) in [5, 5.41) is 4.81. The van der Waals surface area contributed by atoms with Gasteiger partial charge in [0.2, 0.25) is 0 Å². The zero-order valence-corrected chi connectivity index (χ0v) is 29.2. The van der Waals surface area contributed by atoms with Gasteiger partial charge >= 0.3 is 0 Å². The molecule has 0 spiro atoms. The predicted octanol–water partition coefficient (Wildman–Crippen LogP) is 10.2. The molecule has 0 saturated carbocycles. The Labute approximate surface area is 302 Å². The van der Waals surface area contributed by atoms with Crippen molar-refractivity contribution >= 4 is 44.9 Å². The van der Waals surface area contributed by atoms with Gasteiger partial charge in [0.05, 0.1) is 22.6 Å². The number of aromatic nitrogens is 2. The first-order valence-corrected chi connectivity index (χ1v) is 19.4. The molecular weight excluding hydrogens is 652 g/mol. The Morgan fingerprint density at radius 3 is 1.60 bits per heavy atom. The van der Waals surface area contributed by atoms with Gasteiger partial charge < -0.3 is 9.13 Å². The van der Waals surface area contributed by atoms with Gasteiger partial charge in [-0.15, -0.1) is 0 Å². The molecule has 0 fully saturated rings. The number of fused-ring (bicyclic) bond motifs is 6. The smallest absolute Gasteiger partial charge is 0.171 e. The van der Waals surface area contributed by atoms with Crippen LogP contribution in [0.15, 0.2) is 200 Å². The molecule has 4 heteroatoms. The molecule has 0 aliphatic heterocycles. The van der Waals surface area contributed by atoms with E-state index >= 15 is 4.57 Å². The van der Waals surface area contributed by atoms with Gasteiger partial charge in [0.1, 0.15) is 0 Å². The van der Waals surface area contributed by atoms with Gasteiger partial charge in [0, 0.05) is 38.6 Å². The van der Waals surface area contributed by atoms with Gasteiger partial charge in [-0.25, -0.2) is 0 Å². The van der Waals surface area contributed by atoms with Crippen molar-refractivity contribution in [2.75, 3.05) is 0 Å². The van der Waals surface area contributed by atoms with Crippen LogP contribution in [0.4, 0.5) is 0 Å². The van der Waals surface area contributed by atoms with Gasteiger partial charge in [-0.05, 0) is 63.7 Å². The molecule has 2 heterocycles. The summed E-state index contributed by atoms with van der Waals surface area (Å²) in [5.41, 5.74) is 9.96. The van der Waals surface area contributed by atoms with Crippen molar-refractivity contribution in [3.05, 3.63) is 223 Å². The average Bonchev–Trinajstić information content (AvgIpc) is 3.72. The Hall–Kier alpha value is -6.28. The minimum Gasteiger partial charge on any atom is -0.309 e. The molecule has 2 aromatic heterocycles. The summed E-state index contributed by atoms with van der Waals surface area (Å²) in [5.74, 6) is 0. The first-order chi connectivity index (χ1) is 25.7. The molecule has 0 atom stereocenters. The zero-order valence-electron chi connectivity index (χ0n) is 28.3. The minimum atomic E-state index is -3.15. The molecule has 7 aromatic carbocycles. The van der Waals surface area contributed by atoms with Gasteiger partial charge in [-0.2, -0.15) is 0 Å². The van der Waals surface area contributed by atoms with E-state index in [1.807, 2.05) is 73.1 Å². The average molecular weight is 685 g/mol. The van der Waals surface area contributed by atoms with Gasteiger partial charge in [-0.1, -0.05) is 158 Å². The molecule has 1 aliphatic carbocycles. The van der Waals surface area contributed by atoms with Crippen molar-refractivity contribution in [2.24, 2.45) is 0 Å². The molecule has 0 radical (unpaired) electrons. The quantitative estimate of drug-likeness (QED) is 0.164. The Kier molecular flexibility index (Phi) is 6.99. The van der Waals surface area contributed by atoms with E-state index in [9.17, 15) is 0 Å². The molecule has 0 unspecified atom stereocenters. The molecule has 1 aliphatic rings. The molecule has 52 heavy (non-hydrogen) atoms. The first kappa shape index (κ1) is 30.5. The van der Waals surface area contributed by atoms with Gasteiger partial charge in [0.15, 0.2) is 7.14 Å². The maximum atomic E-state index is 15.4. The number of para-hydroxylation sites is 1.